The second-order valence-electron chi connectivity index (χ2n) is 3.60. The van der Waals surface area contributed by atoms with Crippen LogP contribution < -0.4 is 5.32 Å². The Morgan fingerprint density at radius 1 is 1.65 bits per heavy atom. The van der Waals surface area contributed by atoms with Gasteiger partial charge >= 0.3 is 0 Å². The topological polar surface area (TPSA) is 105 Å². The Morgan fingerprint density at radius 2 is 2.24 bits per heavy atom. The van der Waals surface area contributed by atoms with E-state index >= 15 is 0 Å². The van der Waals surface area contributed by atoms with Gasteiger partial charge in [-0.1, -0.05) is 0 Å². The maximum atomic E-state index is 11.6. The lowest BCUT2D eigenvalue weighted by Crippen LogP contribution is -2.32. The van der Waals surface area contributed by atoms with E-state index in [-0.39, 0.29) is 11.4 Å². The van der Waals surface area contributed by atoms with E-state index in [0.29, 0.717) is 0 Å². The quantitative estimate of drug-likeness (QED) is 0.796. The predicted octanol–water partition coefficient (Wildman–Crippen LogP) is -0.337. The SMILES string of the molecule is CC(C(=O)Nc1c(C#N)cnn1C)S(C)(=O)=O. The number of carbonyl (C=O) groups is 1. The van der Waals surface area contributed by atoms with Crippen molar-refractivity contribution < 1.29 is 13.2 Å². The van der Waals surface area contributed by atoms with E-state index in [9.17, 15) is 13.2 Å². The van der Waals surface area contributed by atoms with Crippen molar-refractivity contribution in [1.82, 2.24) is 9.78 Å². The van der Waals surface area contributed by atoms with Gasteiger partial charge in [-0.15, -0.1) is 0 Å². The van der Waals surface area contributed by atoms with Crippen LogP contribution >= 0.6 is 0 Å². The molecule has 0 aliphatic carbocycles. The van der Waals surface area contributed by atoms with Crippen LogP contribution in [0.25, 0.3) is 0 Å². The third-order valence-electron chi connectivity index (χ3n) is 2.31. The van der Waals surface area contributed by atoms with Crippen LogP contribution in [-0.2, 0) is 21.7 Å². The van der Waals surface area contributed by atoms with Gasteiger partial charge < -0.3 is 5.32 Å². The molecule has 17 heavy (non-hydrogen) atoms. The van der Waals surface area contributed by atoms with Crippen molar-refractivity contribution in [2.75, 3.05) is 11.6 Å². The molecule has 0 radical (unpaired) electrons. The number of sulfone groups is 1. The van der Waals surface area contributed by atoms with Crippen molar-refractivity contribution in [2.24, 2.45) is 7.05 Å². The van der Waals surface area contributed by atoms with Crippen molar-refractivity contribution in [1.29, 1.82) is 5.26 Å². The number of nitriles is 1. The molecule has 1 rings (SSSR count). The Labute approximate surface area is 99.0 Å². The first-order valence-electron chi connectivity index (χ1n) is 4.69. The molecule has 1 aromatic rings. The zero-order valence-electron chi connectivity index (χ0n) is 9.63. The number of rotatable bonds is 3. The number of aromatic nitrogens is 2. The summed E-state index contributed by atoms with van der Waals surface area (Å²) in [4.78, 5) is 11.6. The molecule has 1 atom stereocenters. The van der Waals surface area contributed by atoms with Crippen LogP contribution in [0, 0.1) is 11.3 Å². The third kappa shape index (κ3) is 2.82. The highest BCUT2D eigenvalue weighted by atomic mass is 32.2. The summed E-state index contributed by atoms with van der Waals surface area (Å²) in [6.45, 7) is 1.28. The summed E-state index contributed by atoms with van der Waals surface area (Å²) in [5.74, 6) is -0.499. The average molecular weight is 256 g/mol. The zero-order valence-corrected chi connectivity index (χ0v) is 10.4. The first kappa shape index (κ1) is 13.2. The van der Waals surface area contributed by atoms with Crippen LogP contribution in [0.2, 0.25) is 0 Å². The molecule has 1 unspecified atom stereocenters. The molecule has 1 heterocycles. The van der Waals surface area contributed by atoms with Crippen LogP contribution in [0.3, 0.4) is 0 Å². The van der Waals surface area contributed by atoms with Gasteiger partial charge in [-0.05, 0) is 6.92 Å². The first-order chi connectivity index (χ1) is 7.77. The highest BCUT2D eigenvalue weighted by Gasteiger charge is 2.25. The van der Waals surface area contributed by atoms with Gasteiger partial charge in [-0.3, -0.25) is 9.48 Å². The molecule has 0 spiro atoms. The van der Waals surface area contributed by atoms with E-state index in [1.54, 1.807) is 7.05 Å². The number of hydrogen-bond acceptors (Lipinski definition) is 5. The number of anilines is 1. The Hall–Kier alpha value is -1.88. The number of nitrogens with one attached hydrogen (secondary N) is 1. The number of nitrogens with zero attached hydrogens (tertiary/aromatic N) is 3. The fourth-order valence-corrected chi connectivity index (χ4v) is 1.53. The monoisotopic (exact) mass is 256 g/mol. The van der Waals surface area contributed by atoms with E-state index < -0.39 is 21.0 Å². The van der Waals surface area contributed by atoms with E-state index in [1.165, 1.54) is 17.8 Å². The summed E-state index contributed by atoms with van der Waals surface area (Å²) in [6, 6.07) is 1.85. The summed E-state index contributed by atoms with van der Waals surface area (Å²) < 4.78 is 23.7. The largest absolute Gasteiger partial charge is 0.309 e. The molecule has 1 amide bonds. The molecular weight excluding hydrogens is 244 g/mol. The molecule has 0 aliphatic heterocycles. The van der Waals surface area contributed by atoms with Crippen LogP contribution in [-0.4, -0.2) is 35.6 Å². The van der Waals surface area contributed by atoms with Crippen molar-refractivity contribution in [3.05, 3.63) is 11.8 Å². The Kier molecular flexibility index (Phi) is 3.53. The minimum atomic E-state index is -3.46. The molecule has 0 saturated heterocycles. The molecule has 1 aromatic heterocycles. The predicted molar refractivity (Wildman–Crippen MR) is 60.9 cm³/mol. The first-order valence-corrected chi connectivity index (χ1v) is 6.64. The fourth-order valence-electron chi connectivity index (χ4n) is 1.08. The molecule has 8 heteroatoms. The van der Waals surface area contributed by atoms with Gasteiger partial charge in [0.15, 0.2) is 9.84 Å². The minimum absolute atomic E-state index is 0.182. The molecule has 92 valence electrons. The number of hydrogen-bond donors (Lipinski definition) is 1. The van der Waals surface area contributed by atoms with Crippen LogP contribution in [0.4, 0.5) is 5.82 Å². The Balaban J connectivity index is 2.97. The highest BCUT2D eigenvalue weighted by Crippen LogP contribution is 2.13. The molecule has 0 fully saturated rings. The molecular formula is C9H12N4O3S. The molecule has 7 nitrogen and oxygen atoms in total. The zero-order chi connectivity index (χ0) is 13.2. The normalized spacial score (nSPS) is 12.8. The van der Waals surface area contributed by atoms with Gasteiger partial charge in [-0.25, -0.2) is 8.42 Å². The van der Waals surface area contributed by atoms with E-state index in [2.05, 4.69) is 10.4 Å². The van der Waals surface area contributed by atoms with Gasteiger partial charge in [0, 0.05) is 13.3 Å². The van der Waals surface area contributed by atoms with E-state index in [1.807, 2.05) is 6.07 Å². The second-order valence-corrected chi connectivity index (χ2v) is 5.97. The summed E-state index contributed by atoms with van der Waals surface area (Å²) in [7, 11) is -1.92. The summed E-state index contributed by atoms with van der Waals surface area (Å²) in [6.07, 6.45) is 2.27. The van der Waals surface area contributed by atoms with E-state index in [0.717, 1.165) is 6.26 Å². The average Bonchev–Trinajstić information content (AvgIpc) is 2.57. The van der Waals surface area contributed by atoms with Crippen molar-refractivity contribution in [2.45, 2.75) is 12.2 Å². The fraction of sp³-hybridized carbons (Fsp3) is 0.444. The van der Waals surface area contributed by atoms with Gasteiger partial charge in [0.25, 0.3) is 0 Å². The number of aryl methyl sites for hydroxylation is 1. The smallest absolute Gasteiger partial charge is 0.243 e. The number of amides is 1. The van der Waals surface area contributed by atoms with Gasteiger partial charge in [-0.2, -0.15) is 10.4 Å². The van der Waals surface area contributed by atoms with E-state index in [4.69, 9.17) is 5.26 Å². The van der Waals surface area contributed by atoms with Gasteiger partial charge in [0.1, 0.15) is 22.7 Å². The lowest BCUT2D eigenvalue weighted by molar-refractivity contribution is -0.115. The highest BCUT2D eigenvalue weighted by molar-refractivity contribution is 7.92. The van der Waals surface area contributed by atoms with Gasteiger partial charge in [0.2, 0.25) is 5.91 Å². The Bertz CT molecular complexity index is 582. The lowest BCUT2D eigenvalue weighted by atomic mass is 10.3. The molecule has 0 aromatic carbocycles. The summed E-state index contributed by atoms with van der Waals surface area (Å²) in [5.41, 5.74) is 0.182. The Morgan fingerprint density at radius 3 is 2.71 bits per heavy atom. The minimum Gasteiger partial charge on any atom is -0.309 e. The summed E-state index contributed by atoms with van der Waals surface area (Å²) in [5, 5.41) is 13.8. The molecule has 0 bridgehead atoms. The second kappa shape index (κ2) is 4.55. The van der Waals surface area contributed by atoms with Gasteiger partial charge in [0.05, 0.1) is 6.20 Å². The van der Waals surface area contributed by atoms with Crippen molar-refractivity contribution in [3.8, 4) is 6.07 Å². The maximum absolute atomic E-state index is 11.6. The van der Waals surface area contributed by atoms with Crippen molar-refractivity contribution in [3.63, 3.8) is 0 Å². The maximum Gasteiger partial charge on any atom is 0.243 e. The summed E-state index contributed by atoms with van der Waals surface area (Å²) >= 11 is 0. The van der Waals surface area contributed by atoms with Crippen molar-refractivity contribution >= 4 is 21.6 Å². The van der Waals surface area contributed by atoms with Crippen LogP contribution in [0.15, 0.2) is 6.20 Å². The van der Waals surface area contributed by atoms with Crippen LogP contribution in [0.5, 0.6) is 0 Å². The molecule has 0 aliphatic rings. The third-order valence-corrected chi connectivity index (χ3v) is 3.81. The molecule has 1 N–H and O–H groups in total. The number of carbonyl (C=O) groups excluding carboxylic acids is 1. The standard InChI is InChI=1S/C9H12N4O3S/c1-6(17(3,15)16)9(14)12-8-7(4-10)5-11-13(8)2/h5-6H,1-3H3,(H,12,14). The molecule has 0 saturated carbocycles. The van der Waals surface area contributed by atoms with Crippen LogP contribution in [0.1, 0.15) is 12.5 Å². The lowest BCUT2D eigenvalue weighted by Gasteiger charge is -2.10.